The lowest BCUT2D eigenvalue weighted by Gasteiger charge is -2.10. The number of aryl methyl sites for hydroxylation is 1. The second kappa shape index (κ2) is 5.51. The van der Waals surface area contributed by atoms with E-state index in [1.165, 1.54) is 0 Å². The molecule has 0 aliphatic heterocycles. The Morgan fingerprint density at radius 3 is 2.89 bits per heavy atom. The molecular formula is C11H10BrClN4O. The fourth-order valence-electron chi connectivity index (χ4n) is 1.32. The standard InChI is InChI=1S/C11H10BrClN4O/c1-6-4-7(13)2-3-9(6)18-10-8(12)5-15-11(16-10)17-14/h2-5H,14H2,1H3,(H,15,16,17). The predicted molar refractivity (Wildman–Crippen MR) is 73.8 cm³/mol. The van der Waals surface area contributed by atoms with Crippen molar-refractivity contribution in [3.05, 3.63) is 39.5 Å². The molecule has 0 amide bonds. The first kappa shape index (κ1) is 13.1. The van der Waals surface area contributed by atoms with Gasteiger partial charge in [-0.15, -0.1) is 0 Å². The molecule has 0 atom stereocenters. The van der Waals surface area contributed by atoms with Crippen LogP contribution in [-0.2, 0) is 0 Å². The molecule has 0 radical (unpaired) electrons. The van der Waals surface area contributed by atoms with E-state index in [-0.39, 0.29) is 5.95 Å². The Morgan fingerprint density at radius 1 is 1.44 bits per heavy atom. The normalized spacial score (nSPS) is 10.2. The number of nitrogens with two attached hydrogens (primary N) is 1. The van der Waals surface area contributed by atoms with E-state index in [1.807, 2.05) is 13.0 Å². The molecule has 2 aromatic rings. The van der Waals surface area contributed by atoms with Crippen molar-refractivity contribution in [3.8, 4) is 11.6 Å². The fraction of sp³-hybridized carbons (Fsp3) is 0.0909. The number of anilines is 1. The van der Waals surface area contributed by atoms with E-state index in [0.29, 0.717) is 21.1 Å². The van der Waals surface area contributed by atoms with Crippen molar-refractivity contribution in [2.45, 2.75) is 6.92 Å². The highest BCUT2D eigenvalue weighted by molar-refractivity contribution is 9.10. The van der Waals surface area contributed by atoms with Crippen LogP contribution in [0.3, 0.4) is 0 Å². The first-order chi connectivity index (χ1) is 8.60. The molecule has 7 heteroatoms. The highest BCUT2D eigenvalue weighted by Crippen LogP contribution is 2.30. The van der Waals surface area contributed by atoms with Crippen molar-refractivity contribution in [2.75, 3.05) is 5.43 Å². The molecule has 0 saturated carbocycles. The van der Waals surface area contributed by atoms with Crippen LogP contribution in [0.25, 0.3) is 0 Å². The zero-order valence-electron chi connectivity index (χ0n) is 9.45. The molecule has 0 bridgehead atoms. The summed E-state index contributed by atoms with van der Waals surface area (Å²) in [6.07, 6.45) is 1.56. The maximum absolute atomic E-state index is 5.88. The fourth-order valence-corrected chi connectivity index (χ4v) is 1.82. The van der Waals surface area contributed by atoms with Crippen molar-refractivity contribution in [2.24, 2.45) is 5.84 Å². The molecule has 1 aromatic carbocycles. The van der Waals surface area contributed by atoms with Crippen LogP contribution in [0.5, 0.6) is 11.6 Å². The zero-order valence-corrected chi connectivity index (χ0v) is 11.8. The number of benzene rings is 1. The van der Waals surface area contributed by atoms with E-state index in [2.05, 4.69) is 31.3 Å². The first-order valence-electron chi connectivity index (χ1n) is 5.03. The summed E-state index contributed by atoms with van der Waals surface area (Å²) in [4.78, 5) is 8.04. The largest absolute Gasteiger partial charge is 0.437 e. The van der Waals surface area contributed by atoms with Crippen LogP contribution in [0.4, 0.5) is 5.95 Å². The van der Waals surface area contributed by atoms with Crippen molar-refractivity contribution in [1.82, 2.24) is 9.97 Å². The summed E-state index contributed by atoms with van der Waals surface area (Å²) in [7, 11) is 0. The lowest BCUT2D eigenvalue weighted by atomic mass is 10.2. The number of nitrogens with one attached hydrogen (secondary N) is 1. The molecule has 0 saturated heterocycles. The molecular weight excluding hydrogens is 320 g/mol. The van der Waals surface area contributed by atoms with Gasteiger partial charge in [0.05, 0.1) is 10.7 Å². The minimum absolute atomic E-state index is 0.278. The third kappa shape index (κ3) is 2.90. The second-order valence-corrected chi connectivity index (χ2v) is 4.79. The number of rotatable bonds is 3. The van der Waals surface area contributed by atoms with E-state index < -0.39 is 0 Å². The van der Waals surface area contributed by atoms with Gasteiger partial charge in [0.15, 0.2) is 0 Å². The monoisotopic (exact) mass is 328 g/mol. The van der Waals surface area contributed by atoms with Crippen LogP contribution in [0, 0.1) is 6.92 Å². The van der Waals surface area contributed by atoms with Gasteiger partial charge in [0.2, 0.25) is 11.8 Å². The Labute approximate surface area is 117 Å². The van der Waals surface area contributed by atoms with Gasteiger partial charge in [-0.1, -0.05) is 11.6 Å². The summed E-state index contributed by atoms with van der Waals surface area (Å²) in [6.45, 7) is 1.90. The number of hydrogen-bond acceptors (Lipinski definition) is 5. The van der Waals surface area contributed by atoms with Crippen LogP contribution in [-0.4, -0.2) is 9.97 Å². The van der Waals surface area contributed by atoms with Gasteiger partial charge in [-0.25, -0.2) is 10.8 Å². The topological polar surface area (TPSA) is 73.1 Å². The van der Waals surface area contributed by atoms with Crippen LogP contribution in [0.2, 0.25) is 5.02 Å². The summed E-state index contributed by atoms with van der Waals surface area (Å²) in [6, 6.07) is 5.34. The van der Waals surface area contributed by atoms with Crippen molar-refractivity contribution >= 4 is 33.5 Å². The second-order valence-electron chi connectivity index (χ2n) is 3.50. The minimum atomic E-state index is 0.278. The third-order valence-electron chi connectivity index (χ3n) is 2.18. The molecule has 94 valence electrons. The van der Waals surface area contributed by atoms with Gasteiger partial charge in [0.25, 0.3) is 0 Å². The molecule has 1 aromatic heterocycles. The average Bonchev–Trinajstić information content (AvgIpc) is 2.35. The molecule has 0 fully saturated rings. The SMILES string of the molecule is Cc1cc(Cl)ccc1Oc1nc(NN)ncc1Br. The van der Waals surface area contributed by atoms with Crippen LogP contribution < -0.4 is 16.0 Å². The Morgan fingerprint density at radius 2 is 2.22 bits per heavy atom. The van der Waals surface area contributed by atoms with Crippen molar-refractivity contribution in [3.63, 3.8) is 0 Å². The number of ether oxygens (including phenoxy) is 1. The highest BCUT2D eigenvalue weighted by atomic mass is 79.9. The molecule has 0 aliphatic rings. The van der Waals surface area contributed by atoms with Crippen LogP contribution in [0.15, 0.2) is 28.9 Å². The lowest BCUT2D eigenvalue weighted by Crippen LogP contribution is -2.10. The molecule has 5 nitrogen and oxygen atoms in total. The molecule has 0 unspecified atom stereocenters. The Hall–Kier alpha value is -1.37. The smallest absolute Gasteiger partial charge is 0.240 e. The molecule has 0 spiro atoms. The van der Waals surface area contributed by atoms with Gasteiger partial charge in [-0.05, 0) is 46.6 Å². The number of hydrazine groups is 1. The number of halogens is 2. The highest BCUT2D eigenvalue weighted by Gasteiger charge is 2.09. The molecule has 18 heavy (non-hydrogen) atoms. The summed E-state index contributed by atoms with van der Waals surface area (Å²) >= 11 is 9.19. The van der Waals surface area contributed by atoms with Crippen LogP contribution >= 0.6 is 27.5 Å². The summed E-state index contributed by atoms with van der Waals surface area (Å²) < 4.78 is 6.32. The predicted octanol–water partition coefficient (Wildman–Crippen LogP) is 3.28. The maximum atomic E-state index is 5.88. The quantitative estimate of drug-likeness (QED) is 0.668. The van der Waals surface area contributed by atoms with E-state index in [0.717, 1.165) is 5.56 Å². The third-order valence-corrected chi connectivity index (χ3v) is 2.96. The van der Waals surface area contributed by atoms with Crippen molar-refractivity contribution < 1.29 is 4.74 Å². The maximum Gasteiger partial charge on any atom is 0.240 e. The Balaban J connectivity index is 2.33. The minimum Gasteiger partial charge on any atom is -0.437 e. The Bertz CT molecular complexity index is 579. The van der Waals surface area contributed by atoms with E-state index in [1.54, 1.807) is 18.3 Å². The number of nitrogen functional groups attached to an aromatic ring is 1. The van der Waals surface area contributed by atoms with Crippen molar-refractivity contribution in [1.29, 1.82) is 0 Å². The zero-order chi connectivity index (χ0) is 13.1. The molecule has 3 N–H and O–H groups in total. The van der Waals surface area contributed by atoms with E-state index >= 15 is 0 Å². The first-order valence-corrected chi connectivity index (χ1v) is 6.20. The van der Waals surface area contributed by atoms with Gasteiger partial charge >= 0.3 is 0 Å². The summed E-state index contributed by atoms with van der Waals surface area (Å²) in [5.74, 6) is 6.57. The van der Waals surface area contributed by atoms with Gasteiger partial charge in [-0.2, -0.15) is 4.98 Å². The van der Waals surface area contributed by atoms with E-state index in [4.69, 9.17) is 22.2 Å². The Kier molecular flexibility index (Phi) is 4.00. The summed E-state index contributed by atoms with van der Waals surface area (Å²) in [5.41, 5.74) is 3.27. The van der Waals surface area contributed by atoms with E-state index in [9.17, 15) is 0 Å². The van der Waals surface area contributed by atoms with Gasteiger partial charge in [0, 0.05) is 5.02 Å². The number of hydrogen-bond donors (Lipinski definition) is 2. The molecule has 2 rings (SSSR count). The van der Waals surface area contributed by atoms with Gasteiger partial charge in [0.1, 0.15) is 5.75 Å². The molecule has 1 heterocycles. The van der Waals surface area contributed by atoms with Gasteiger partial charge < -0.3 is 4.74 Å². The molecule has 0 aliphatic carbocycles. The van der Waals surface area contributed by atoms with Crippen LogP contribution in [0.1, 0.15) is 5.56 Å². The number of aromatic nitrogens is 2. The van der Waals surface area contributed by atoms with Gasteiger partial charge in [-0.3, -0.25) is 5.43 Å². The average molecular weight is 330 g/mol. The lowest BCUT2D eigenvalue weighted by molar-refractivity contribution is 0.455. The number of nitrogens with zero attached hydrogens (tertiary/aromatic N) is 2. The summed E-state index contributed by atoms with van der Waals surface area (Å²) in [5, 5.41) is 0.658.